The summed E-state index contributed by atoms with van der Waals surface area (Å²) in [5.74, 6) is 1.96. The van der Waals surface area contributed by atoms with Crippen LogP contribution >= 0.6 is 15.9 Å². The molecule has 6 heteroatoms. The van der Waals surface area contributed by atoms with E-state index in [0.29, 0.717) is 34.3 Å². The molecule has 0 fully saturated rings. The van der Waals surface area contributed by atoms with Gasteiger partial charge >= 0.3 is 0 Å². The van der Waals surface area contributed by atoms with E-state index < -0.39 is 0 Å². The SMILES string of the molecule is CCCOc1ccccc1Oc1ncnc(N)c1Br. The van der Waals surface area contributed by atoms with Crippen molar-refractivity contribution < 1.29 is 9.47 Å². The molecule has 19 heavy (non-hydrogen) atoms. The summed E-state index contributed by atoms with van der Waals surface area (Å²) in [7, 11) is 0. The van der Waals surface area contributed by atoms with Gasteiger partial charge in [0.2, 0.25) is 5.88 Å². The van der Waals surface area contributed by atoms with E-state index in [1.54, 1.807) is 0 Å². The van der Waals surface area contributed by atoms with Crippen molar-refractivity contribution >= 4 is 21.7 Å². The maximum absolute atomic E-state index is 5.72. The maximum Gasteiger partial charge on any atom is 0.239 e. The van der Waals surface area contributed by atoms with Gasteiger partial charge in [-0.2, -0.15) is 0 Å². The van der Waals surface area contributed by atoms with Gasteiger partial charge < -0.3 is 15.2 Å². The number of anilines is 1. The van der Waals surface area contributed by atoms with Gasteiger partial charge in [-0.25, -0.2) is 9.97 Å². The number of nitrogen functional groups attached to an aromatic ring is 1. The van der Waals surface area contributed by atoms with Gasteiger partial charge in [-0.15, -0.1) is 0 Å². The lowest BCUT2D eigenvalue weighted by Gasteiger charge is -2.12. The third kappa shape index (κ3) is 3.35. The molecule has 100 valence electrons. The highest BCUT2D eigenvalue weighted by Crippen LogP contribution is 2.35. The predicted molar refractivity (Wildman–Crippen MR) is 76.4 cm³/mol. The molecule has 0 aliphatic carbocycles. The van der Waals surface area contributed by atoms with Crippen LogP contribution in [-0.2, 0) is 0 Å². The number of aromatic nitrogens is 2. The number of nitrogens with zero attached hydrogens (tertiary/aromatic N) is 2. The van der Waals surface area contributed by atoms with Gasteiger partial charge in [0.25, 0.3) is 0 Å². The minimum atomic E-state index is 0.331. The number of halogens is 1. The van der Waals surface area contributed by atoms with Gasteiger partial charge in [-0.3, -0.25) is 0 Å². The molecular weight excluding hydrogens is 310 g/mol. The predicted octanol–water partition coefficient (Wildman–Crippen LogP) is 3.40. The Balaban J connectivity index is 2.25. The number of ether oxygens (including phenoxy) is 2. The summed E-state index contributed by atoms with van der Waals surface area (Å²) in [6.45, 7) is 2.68. The first-order valence-electron chi connectivity index (χ1n) is 5.88. The molecule has 0 aliphatic heterocycles. The molecule has 0 aliphatic rings. The third-order valence-corrected chi connectivity index (χ3v) is 3.05. The van der Waals surface area contributed by atoms with Crippen molar-refractivity contribution in [1.82, 2.24) is 9.97 Å². The van der Waals surface area contributed by atoms with Crippen molar-refractivity contribution in [2.45, 2.75) is 13.3 Å². The lowest BCUT2D eigenvalue weighted by Crippen LogP contribution is -2.00. The zero-order chi connectivity index (χ0) is 13.7. The zero-order valence-corrected chi connectivity index (χ0v) is 12.1. The fourth-order valence-electron chi connectivity index (χ4n) is 1.41. The number of nitrogens with two attached hydrogens (primary N) is 1. The number of hydrogen-bond donors (Lipinski definition) is 1. The number of para-hydroxylation sites is 2. The maximum atomic E-state index is 5.72. The van der Waals surface area contributed by atoms with E-state index in [-0.39, 0.29) is 0 Å². The van der Waals surface area contributed by atoms with E-state index >= 15 is 0 Å². The summed E-state index contributed by atoms with van der Waals surface area (Å²) in [5.41, 5.74) is 5.68. The van der Waals surface area contributed by atoms with Crippen molar-refractivity contribution in [2.75, 3.05) is 12.3 Å². The van der Waals surface area contributed by atoms with Crippen LogP contribution in [0.15, 0.2) is 35.1 Å². The molecule has 5 nitrogen and oxygen atoms in total. The molecule has 2 rings (SSSR count). The highest BCUT2D eigenvalue weighted by atomic mass is 79.9. The lowest BCUT2D eigenvalue weighted by atomic mass is 10.3. The Kier molecular flexibility index (Phi) is 4.57. The van der Waals surface area contributed by atoms with Crippen LogP contribution < -0.4 is 15.2 Å². The van der Waals surface area contributed by atoms with Crippen LogP contribution in [0.5, 0.6) is 17.4 Å². The molecule has 0 bridgehead atoms. The van der Waals surface area contributed by atoms with Gasteiger partial charge in [0.1, 0.15) is 16.6 Å². The van der Waals surface area contributed by atoms with E-state index in [9.17, 15) is 0 Å². The number of hydrogen-bond acceptors (Lipinski definition) is 5. The molecule has 0 unspecified atom stereocenters. The number of rotatable bonds is 5. The average Bonchev–Trinajstić information content (AvgIpc) is 2.43. The molecule has 0 radical (unpaired) electrons. The quantitative estimate of drug-likeness (QED) is 0.913. The van der Waals surface area contributed by atoms with E-state index in [1.807, 2.05) is 31.2 Å². The second kappa shape index (κ2) is 6.38. The summed E-state index contributed by atoms with van der Waals surface area (Å²) >= 11 is 3.30. The summed E-state index contributed by atoms with van der Waals surface area (Å²) in [6.07, 6.45) is 2.28. The topological polar surface area (TPSA) is 70.3 Å². The van der Waals surface area contributed by atoms with E-state index in [2.05, 4.69) is 25.9 Å². The molecule has 1 heterocycles. The first-order valence-corrected chi connectivity index (χ1v) is 6.67. The van der Waals surface area contributed by atoms with Crippen LogP contribution in [0.4, 0.5) is 5.82 Å². The van der Waals surface area contributed by atoms with Gasteiger partial charge in [0.15, 0.2) is 11.5 Å². The minimum Gasteiger partial charge on any atom is -0.490 e. The second-order valence-corrected chi connectivity index (χ2v) is 4.57. The standard InChI is InChI=1S/C13H14BrN3O2/c1-2-7-18-9-5-3-4-6-10(9)19-13-11(14)12(15)16-8-17-13/h3-6,8H,2,7H2,1H3,(H2,15,16,17). The summed E-state index contributed by atoms with van der Waals surface area (Å²) in [6, 6.07) is 7.42. The molecule has 0 amide bonds. The van der Waals surface area contributed by atoms with Gasteiger partial charge in [0.05, 0.1) is 6.61 Å². The molecule has 0 saturated carbocycles. The van der Waals surface area contributed by atoms with Gasteiger partial charge in [-0.05, 0) is 34.5 Å². The second-order valence-electron chi connectivity index (χ2n) is 3.78. The molecular formula is C13H14BrN3O2. The monoisotopic (exact) mass is 323 g/mol. The van der Waals surface area contributed by atoms with Crippen LogP contribution in [0.1, 0.15) is 13.3 Å². The van der Waals surface area contributed by atoms with Crippen molar-refractivity contribution in [3.63, 3.8) is 0 Å². The van der Waals surface area contributed by atoms with Crippen LogP contribution in [0.25, 0.3) is 0 Å². The van der Waals surface area contributed by atoms with Crippen molar-refractivity contribution in [3.8, 4) is 17.4 Å². The van der Waals surface area contributed by atoms with Gasteiger partial charge in [-0.1, -0.05) is 19.1 Å². The molecule has 0 atom stereocenters. The number of benzene rings is 1. The van der Waals surface area contributed by atoms with Crippen molar-refractivity contribution in [2.24, 2.45) is 0 Å². The molecule has 0 saturated heterocycles. The molecule has 2 aromatic rings. The van der Waals surface area contributed by atoms with Crippen LogP contribution in [0.2, 0.25) is 0 Å². The van der Waals surface area contributed by atoms with Crippen LogP contribution in [0, 0.1) is 0 Å². The smallest absolute Gasteiger partial charge is 0.239 e. The summed E-state index contributed by atoms with van der Waals surface area (Å²) in [5, 5.41) is 0. The first kappa shape index (κ1) is 13.6. The first-order chi connectivity index (χ1) is 9.22. The summed E-state index contributed by atoms with van der Waals surface area (Å²) < 4.78 is 11.9. The highest BCUT2D eigenvalue weighted by molar-refractivity contribution is 9.10. The largest absolute Gasteiger partial charge is 0.490 e. The molecule has 0 spiro atoms. The average molecular weight is 324 g/mol. The molecule has 2 N–H and O–H groups in total. The Morgan fingerprint density at radius 1 is 1.21 bits per heavy atom. The highest BCUT2D eigenvalue weighted by Gasteiger charge is 2.11. The fourth-order valence-corrected chi connectivity index (χ4v) is 1.69. The van der Waals surface area contributed by atoms with E-state index in [4.69, 9.17) is 15.2 Å². The Morgan fingerprint density at radius 3 is 2.68 bits per heavy atom. The van der Waals surface area contributed by atoms with Crippen molar-refractivity contribution in [1.29, 1.82) is 0 Å². The summed E-state index contributed by atoms with van der Waals surface area (Å²) in [4.78, 5) is 7.90. The molecule has 1 aromatic heterocycles. The van der Waals surface area contributed by atoms with Crippen LogP contribution in [-0.4, -0.2) is 16.6 Å². The van der Waals surface area contributed by atoms with E-state index in [0.717, 1.165) is 6.42 Å². The fraction of sp³-hybridized carbons (Fsp3) is 0.231. The Labute approximate surface area is 119 Å². The van der Waals surface area contributed by atoms with Crippen molar-refractivity contribution in [3.05, 3.63) is 35.1 Å². The zero-order valence-electron chi connectivity index (χ0n) is 10.5. The lowest BCUT2D eigenvalue weighted by molar-refractivity contribution is 0.300. The minimum absolute atomic E-state index is 0.331. The normalized spacial score (nSPS) is 10.2. The molecule has 1 aromatic carbocycles. The van der Waals surface area contributed by atoms with E-state index in [1.165, 1.54) is 6.33 Å². The third-order valence-electron chi connectivity index (χ3n) is 2.30. The van der Waals surface area contributed by atoms with Gasteiger partial charge in [0, 0.05) is 0 Å². The Hall–Kier alpha value is -1.82. The Bertz CT molecular complexity index is 563. The Morgan fingerprint density at radius 2 is 1.95 bits per heavy atom. The van der Waals surface area contributed by atoms with Crippen LogP contribution in [0.3, 0.4) is 0 Å².